The average Bonchev–Trinajstić information content (AvgIpc) is 2.75. The van der Waals surface area contributed by atoms with Crippen LogP contribution in [0.5, 0.6) is 0 Å². The molecular weight excluding hydrogens is 202 g/mol. The highest BCUT2D eigenvalue weighted by Crippen LogP contribution is 2.16. The molecule has 4 nitrogen and oxygen atoms in total. The third kappa shape index (κ3) is 1.95. The predicted molar refractivity (Wildman–Crippen MR) is 64.2 cm³/mol. The summed E-state index contributed by atoms with van der Waals surface area (Å²) in [6, 6.07) is 5.57. The summed E-state index contributed by atoms with van der Waals surface area (Å²) >= 11 is 0. The number of H-pyrrole nitrogens is 1. The Labute approximate surface area is 93.4 Å². The standard InChI is InChI=1S/C12H13N3O/c1-3-8(2)12(16)15-9-4-5-10-11(6-9)14-7-13-10/h3-7H,1-2H3,(H,13,14)(H,15,16)/b8-3+. The molecule has 4 heteroatoms. The van der Waals surface area contributed by atoms with Gasteiger partial charge in [0.2, 0.25) is 0 Å². The van der Waals surface area contributed by atoms with E-state index in [1.165, 1.54) is 0 Å². The molecule has 0 saturated carbocycles. The monoisotopic (exact) mass is 215 g/mol. The van der Waals surface area contributed by atoms with Gasteiger partial charge in [0.1, 0.15) is 0 Å². The van der Waals surface area contributed by atoms with Crippen LogP contribution >= 0.6 is 0 Å². The number of allylic oxidation sites excluding steroid dienone is 1. The molecule has 0 unspecified atom stereocenters. The van der Waals surface area contributed by atoms with Crippen LogP contribution in [0.15, 0.2) is 36.2 Å². The fourth-order valence-electron chi connectivity index (χ4n) is 1.37. The number of anilines is 1. The first kappa shape index (κ1) is 10.4. The topological polar surface area (TPSA) is 57.8 Å². The van der Waals surface area contributed by atoms with Crippen molar-refractivity contribution in [3.05, 3.63) is 36.2 Å². The lowest BCUT2D eigenvalue weighted by atomic mass is 10.2. The highest BCUT2D eigenvalue weighted by Gasteiger charge is 2.04. The molecule has 0 radical (unpaired) electrons. The molecule has 0 bridgehead atoms. The molecule has 1 aromatic carbocycles. The van der Waals surface area contributed by atoms with Gasteiger partial charge in [-0.1, -0.05) is 6.08 Å². The number of aromatic nitrogens is 2. The summed E-state index contributed by atoms with van der Waals surface area (Å²) < 4.78 is 0. The van der Waals surface area contributed by atoms with Crippen LogP contribution in [0.3, 0.4) is 0 Å². The summed E-state index contributed by atoms with van der Waals surface area (Å²) in [6.07, 6.45) is 3.41. The third-order valence-corrected chi connectivity index (χ3v) is 2.47. The Morgan fingerprint density at radius 1 is 1.50 bits per heavy atom. The molecule has 0 aliphatic carbocycles. The minimum absolute atomic E-state index is 0.0821. The lowest BCUT2D eigenvalue weighted by Gasteiger charge is -2.04. The Hall–Kier alpha value is -2.10. The Balaban J connectivity index is 2.24. The number of fused-ring (bicyclic) bond motifs is 1. The number of carbonyl (C=O) groups is 1. The van der Waals surface area contributed by atoms with Crippen molar-refractivity contribution in [2.45, 2.75) is 13.8 Å². The molecule has 82 valence electrons. The number of hydrogen-bond acceptors (Lipinski definition) is 2. The van der Waals surface area contributed by atoms with E-state index in [4.69, 9.17) is 0 Å². The number of nitrogens with zero attached hydrogens (tertiary/aromatic N) is 1. The second kappa shape index (κ2) is 4.18. The summed E-state index contributed by atoms with van der Waals surface area (Å²) in [5.41, 5.74) is 3.27. The number of aromatic amines is 1. The van der Waals surface area contributed by atoms with Gasteiger partial charge in [-0.25, -0.2) is 4.98 Å². The predicted octanol–water partition coefficient (Wildman–Crippen LogP) is 2.47. The van der Waals surface area contributed by atoms with Crippen molar-refractivity contribution in [2.75, 3.05) is 5.32 Å². The van der Waals surface area contributed by atoms with Crippen LogP contribution in [0.1, 0.15) is 13.8 Å². The van der Waals surface area contributed by atoms with E-state index < -0.39 is 0 Å². The van der Waals surface area contributed by atoms with Gasteiger partial charge in [-0.05, 0) is 32.0 Å². The minimum Gasteiger partial charge on any atom is -0.345 e. The van der Waals surface area contributed by atoms with E-state index in [1.807, 2.05) is 25.1 Å². The fraction of sp³-hybridized carbons (Fsp3) is 0.167. The summed E-state index contributed by atoms with van der Waals surface area (Å²) in [5, 5.41) is 2.82. The molecule has 2 rings (SSSR count). The summed E-state index contributed by atoms with van der Waals surface area (Å²) in [5.74, 6) is -0.0821. The zero-order valence-electron chi connectivity index (χ0n) is 9.24. The van der Waals surface area contributed by atoms with Gasteiger partial charge in [0.25, 0.3) is 5.91 Å². The first-order chi connectivity index (χ1) is 7.70. The number of carbonyl (C=O) groups excluding carboxylic acids is 1. The third-order valence-electron chi connectivity index (χ3n) is 2.47. The molecule has 1 heterocycles. The fourth-order valence-corrected chi connectivity index (χ4v) is 1.37. The van der Waals surface area contributed by atoms with Crippen molar-refractivity contribution in [3.63, 3.8) is 0 Å². The smallest absolute Gasteiger partial charge is 0.250 e. The van der Waals surface area contributed by atoms with Crippen molar-refractivity contribution >= 4 is 22.6 Å². The molecule has 0 aliphatic rings. The van der Waals surface area contributed by atoms with Crippen molar-refractivity contribution in [1.82, 2.24) is 9.97 Å². The molecule has 2 aromatic rings. The van der Waals surface area contributed by atoms with Crippen molar-refractivity contribution in [1.29, 1.82) is 0 Å². The van der Waals surface area contributed by atoms with Gasteiger partial charge in [0.05, 0.1) is 17.4 Å². The molecule has 0 fully saturated rings. The van der Waals surface area contributed by atoms with Gasteiger partial charge in [-0.15, -0.1) is 0 Å². The molecule has 0 saturated heterocycles. The Morgan fingerprint density at radius 2 is 2.31 bits per heavy atom. The molecule has 1 aromatic heterocycles. The number of hydrogen-bond donors (Lipinski definition) is 2. The number of nitrogens with one attached hydrogen (secondary N) is 2. The maximum absolute atomic E-state index is 11.6. The van der Waals surface area contributed by atoms with Gasteiger partial charge in [0, 0.05) is 11.3 Å². The summed E-state index contributed by atoms with van der Waals surface area (Å²) in [7, 11) is 0. The van der Waals surface area contributed by atoms with E-state index in [9.17, 15) is 4.79 Å². The van der Waals surface area contributed by atoms with E-state index in [0.717, 1.165) is 16.7 Å². The highest BCUT2D eigenvalue weighted by molar-refractivity contribution is 6.03. The first-order valence-electron chi connectivity index (χ1n) is 5.08. The van der Waals surface area contributed by atoms with Crippen LogP contribution in [0.2, 0.25) is 0 Å². The summed E-state index contributed by atoms with van der Waals surface area (Å²) in [4.78, 5) is 18.7. The molecular formula is C12H13N3O. The summed E-state index contributed by atoms with van der Waals surface area (Å²) in [6.45, 7) is 3.62. The molecule has 0 aliphatic heterocycles. The van der Waals surface area contributed by atoms with Gasteiger partial charge in [-0.2, -0.15) is 0 Å². The highest BCUT2D eigenvalue weighted by atomic mass is 16.1. The van der Waals surface area contributed by atoms with Crippen LogP contribution in [0, 0.1) is 0 Å². The van der Waals surface area contributed by atoms with Gasteiger partial charge in [0.15, 0.2) is 0 Å². The quantitative estimate of drug-likeness (QED) is 0.756. The van der Waals surface area contributed by atoms with Crippen molar-refractivity contribution < 1.29 is 4.79 Å². The SMILES string of the molecule is C/C=C(\C)C(=O)Nc1ccc2nc[nH]c2c1. The minimum atomic E-state index is -0.0821. The molecule has 1 amide bonds. The van der Waals surface area contributed by atoms with E-state index in [0.29, 0.717) is 5.57 Å². The van der Waals surface area contributed by atoms with Crippen molar-refractivity contribution in [2.24, 2.45) is 0 Å². The maximum Gasteiger partial charge on any atom is 0.250 e. The second-order valence-corrected chi connectivity index (χ2v) is 3.56. The molecule has 16 heavy (non-hydrogen) atoms. The Bertz CT molecular complexity index is 554. The lowest BCUT2D eigenvalue weighted by Crippen LogP contribution is -2.12. The average molecular weight is 215 g/mol. The first-order valence-corrected chi connectivity index (χ1v) is 5.08. The molecule has 0 spiro atoms. The zero-order chi connectivity index (χ0) is 11.5. The van der Waals surface area contributed by atoms with Crippen LogP contribution in [0.25, 0.3) is 11.0 Å². The number of rotatable bonds is 2. The lowest BCUT2D eigenvalue weighted by molar-refractivity contribution is -0.112. The van der Waals surface area contributed by atoms with Gasteiger partial charge >= 0.3 is 0 Å². The van der Waals surface area contributed by atoms with Crippen molar-refractivity contribution in [3.8, 4) is 0 Å². The zero-order valence-corrected chi connectivity index (χ0v) is 9.24. The second-order valence-electron chi connectivity index (χ2n) is 3.56. The van der Waals surface area contributed by atoms with Crippen LogP contribution in [0.4, 0.5) is 5.69 Å². The number of benzene rings is 1. The number of amides is 1. The maximum atomic E-state index is 11.6. The van der Waals surface area contributed by atoms with Gasteiger partial charge in [-0.3, -0.25) is 4.79 Å². The van der Waals surface area contributed by atoms with Crippen LogP contribution in [-0.4, -0.2) is 15.9 Å². The van der Waals surface area contributed by atoms with Gasteiger partial charge < -0.3 is 10.3 Å². The molecule has 2 N–H and O–H groups in total. The van der Waals surface area contributed by atoms with Crippen LogP contribution < -0.4 is 5.32 Å². The largest absolute Gasteiger partial charge is 0.345 e. The molecule has 0 atom stereocenters. The number of imidazole rings is 1. The Kier molecular flexibility index (Phi) is 2.72. The van der Waals surface area contributed by atoms with E-state index in [-0.39, 0.29) is 5.91 Å². The van der Waals surface area contributed by atoms with E-state index in [1.54, 1.807) is 19.3 Å². The Morgan fingerprint density at radius 3 is 3.06 bits per heavy atom. The van der Waals surface area contributed by atoms with E-state index >= 15 is 0 Å². The van der Waals surface area contributed by atoms with E-state index in [2.05, 4.69) is 15.3 Å². The normalized spacial score (nSPS) is 11.8. The van der Waals surface area contributed by atoms with Crippen LogP contribution in [-0.2, 0) is 4.79 Å².